The molecule has 0 saturated carbocycles. The van der Waals surface area contributed by atoms with Crippen LogP contribution < -0.4 is 10.2 Å². The van der Waals surface area contributed by atoms with Crippen LogP contribution in [-0.4, -0.2) is 54.7 Å². The molecule has 130 valence electrons. The highest BCUT2D eigenvalue weighted by Crippen LogP contribution is 2.24. The van der Waals surface area contributed by atoms with Gasteiger partial charge in [0.1, 0.15) is 11.6 Å². The molecular formula is C17H24FN5O. The molecule has 1 saturated heterocycles. The average molecular weight is 333 g/mol. The lowest BCUT2D eigenvalue weighted by Crippen LogP contribution is -2.46. The number of nitrogens with zero attached hydrogens (tertiary/aromatic N) is 4. The summed E-state index contributed by atoms with van der Waals surface area (Å²) in [6, 6.07) is 4.59. The van der Waals surface area contributed by atoms with Gasteiger partial charge in [0.05, 0.1) is 5.69 Å². The van der Waals surface area contributed by atoms with E-state index in [4.69, 9.17) is 0 Å². The van der Waals surface area contributed by atoms with Gasteiger partial charge in [-0.05, 0) is 46.6 Å². The molecule has 0 aliphatic carbocycles. The van der Waals surface area contributed by atoms with Crippen LogP contribution in [0, 0.1) is 12.7 Å². The Balaban J connectivity index is 0.000000471. The van der Waals surface area contributed by atoms with Gasteiger partial charge in [0, 0.05) is 37.2 Å². The maximum atomic E-state index is 14.3. The van der Waals surface area contributed by atoms with Gasteiger partial charge in [-0.1, -0.05) is 0 Å². The predicted molar refractivity (Wildman–Crippen MR) is 93.2 cm³/mol. The first-order chi connectivity index (χ1) is 11.4. The second-order valence-corrected chi connectivity index (χ2v) is 6.06. The largest absolute Gasteiger partial charge is 0.338 e. The molecule has 0 unspecified atom stereocenters. The molecule has 7 heteroatoms. The molecule has 0 spiro atoms. The minimum atomic E-state index is -0.410. The first-order valence-corrected chi connectivity index (χ1v) is 7.86. The molecule has 1 aliphatic heterocycles. The minimum Gasteiger partial charge on any atom is -0.338 e. The fourth-order valence-corrected chi connectivity index (χ4v) is 2.37. The third-order valence-corrected chi connectivity index (χ3v) is 3.41. The molecule has 1 aliphatic rings. The molecule has 24 heavy (non-hydrogen) atoms. The van der Waals surface area contributed by atoms with Gasteiger partial charge < -0.3 is 14.8 Å². The van der Waals surface area contributed by atoms with Gasteiger partial charge in [-0.3, -0.25) is 4.90 Å². The zero-order chi connectivity index (χ0) is 17.7. The highest BCUT2D eigenvalue weighted by molar-refractivity contribution is 5.92. The number of carbonyl (C=O) groups is 1. The normalized spacial score (nSPS) is 14.2. The quantitative estimate of drug-likeness (QED) is 0.918. The second-order valence-electron chi connectivity index (χ2n) is 6.06. The van der Waals surface area contributed by atoms with Gasteiger partial charge in [-0.25, -0.2) is 14.2 Å². The maximum absolute atomic E-state index is 14.3. The topological polar surface area (TPSA) is 53.4 Å². The molecule has 1 N–H and O–H groups in total. The fourth-order valence-electron chi connectivity index (χ4n) is 2.37. The first kappa shape index (κ1) is 17.9. The molecule has 2 amide bonds. The summed E-state index contributed by atoms with van der Waals surface area (Å²) in [6.45, 7) is 3.03. The number of nitrogens with one attached hydrogen (secondary N) is 1. The van der Waals surface area contributed by atoms with E-state index in [1.165, 1.54) is 11.0 Å². The summed E-state index contributed by atoms with van der Waals surface area (Å²) in [6.07, 6.45) is 4.25. The zero-order valence-corrected chi connectivity index (χ0v) is 14.6. The molecular weight excluding hydrogens is 309 g/mol. The third-order valence-electron chi connectivity index (χ3n) is 3.41. The fraction of sp³-hybridized carbons (Fsp3) is 0.412. The molecule has 2 heterocycles. The number of hydrogen-bond acceptors (Lipinski definition) is 3. The van der Waals surface area contributed by atoms with Crippen molar-refractivity contribution in [3.05, 3.63) is 42.2 Å². The summed E-state index contributed by atoms with van der Waals surface area (Å²) in [5.74, 6) is 0.375. The van der Waals surface area contributed by atoms with E-state index in [-0.39, 0.29) is 6.03 Å². The number of halogens is 1. The molecule has 3 rings (SSSR count). The van der Waals surface area contributed by atoms with Crippen molar-refractivity contribution in [3.8, 4) is 5.69 Å². The Labute approximate surface area is 141 Å². The van der Waals surface area contributed by atoms with Crippen LogP contribution in [-0.2, 0) is 0 Å². The van der Waals surface area contributed by atoms with E-state index in [0.29, 0.717) is 24.5 Å². The third kappa shape index (κ3) is 4.32. The van der Waals surface area contributed by atoms with E-state index in [2.05, 4.69) is 10.3 Å². The van der Waals surface area contributed by atoms with Gasteiger partial charge in [-0.2, -0.15) is 0 Å². The van der Waals surface area contributed by atoms with Crippen LogP contribution in [0.25, 0.3) is 5.69 Å². The Bertz CT molecular complexity index is 695. The van der Waals surface area contributed by atoms with Crippen molar-refractivity contribution in [2.75, 3.05) is 39.1 Å². The Morgan fingerprint density at radius 3 is 2.54 bits per heavy atom. The molecule has 1 fully saturated rings. The highest BCUT2D eigenvalue weighted by Gasteiger charge is 2.22. The van der Waals surface area contributed by atoms with E-state index in [1.54, 1.807) is 29.1 Å². The number of imidazole rings is 1. The Morgan fingerprint density at radius 2 is 2.00 bits per heavy atom. The number of anilines is 1. The Morgan fingerprint density at radius 1 is 1.29 bits per heavy atom. The van der Waals surface area contributed by atoms with Crippen molar-refractivity contribution in [2.45, 2.75) is 13.3 Å². The van der Waals surface area contributed by atoms with Crippen LogP contribution in [0.4, 0.5) is 14.9 Å². The van der Waals surface area contributed by atoms with Gasteiger partial charge in [0.15, 0.2) is 0 Å². The summed E-state index contributed by atoms with van der Waals surface area (Å²) in [7, 11) is 6.00. The number of aromatic nitrogens is 2. The van der Waals surface area contributed by atoms with E-state index < -0.39 is 5.82 Å². The summed E-state index contributed by atoms with van der Waals surface area (Å²) in [5.41, 5.74) is 1.00. The number of aryl methyl sites for hydroxylation is 1. The van der Waals surface area contributed by atoms with Crippen LogP contribution in [0.5, 0.6) is 0 Å². The van der Waals surface area contributed by atoms with Crippen LogP contribution in [0.2, 0.25) is 0 Å². The van der Waals surface area contributed by atoms with Gasteiger partial charge in [0.25, 0.3) is 0 Å². The smallest absolute Gasteiger partial charge is 0.321 e. The Hall–Kier alpha value is -2.41. The van der Waals surface area contributed by atoms with Crippen molar-refractivity contribution >= 4 is 11.7 Å². The molecule has 6 nitrogen and oxygen atoms in total. The second kappa shape index (κ2) is 7.92. The lowest BCUT2D eigenvalue weighted by molar-refractivity contribution is 0.242. The summed E-state index contributed by atoms with van der Waals surface area (Å²) >= 11 is 0. The first-order valence-electron chi connectivity index (χ1n) is 7.86. The molecule has 2 aromatic rings. The number of rotatable bonds is 2. The van der Waals surface area contributed by atoms with Crippen molar-refractivity contribution in [2.24, 2.45) is 0 Å². The van der Waals surface area contributed by atoms with E-state index in [1.807, 2.05) is 33.0 Å². The summed E-state index contributed by atoms with van der Waals surface area (Å²) in [5, 5.41) is 2.71. The highest BCUT2D eigenvalue weighted by atomic mass is 19.1. The maximum Gasteiger partial charge on any atom is 0.321 e. The molecule has 1 aromatic carbocycles. The average Bonchev–Trinajstić information content (AvgIpc) is 2.94. The number of benzene rings is 1. The predicted octanol–water partition coefficient (Wildman–Crippen LogP) is 2.42. The van der Waals surface area contributed by atoms with Gasteiger partial charge >= 0.3 is 6.03 Å². The number of amides is 2. The van der Waals surface area contributed by atoms with Crippen molar-refractivity contribution in [1.29, 1.82) is 0 Å². The van der Waals surface area contributed by atoms with Crippen LogP contribution in [0.1, 0.15) is 12.2 Å². The molecule has 0 atom stereocenters. The minimum absolute atomic E-state index is 0.248. The Kier molecular flexibility index (Phi) is 5.92. The van der Waals surface area contributed by atoms with Crippen molar-refractivity contribution in [3.63, 3.8) is 0 Å². The summed E-state index contributed by atoms with van der Waals surface area (Å²) < 4.78 is 16.1. The van der Waals surface area contributed by atoms with Gasteiger partial charge in [0.2, 0.25) is 0 Å². The van der Waals surface area contributed by atoms with Crippen molar-refractivity contribution < 1.29 is 9.18 Å². The monoisotopic (exact) mass is 333 g/mol. The van der Waals surface area contributed by atoms with Crippen LogP contribution >= 0.6 is 0 Å². The molecule has 1 aromatic heterocycles. The van der Waals surface area contributed by atoms with E-state index >= 15 is 0 Å². The van der Waals surface area contributed by atoms with E-state index in [0.717, 1.165) is 12.2 Å². The number of urea groups is 1. The van der Waals surface area contributed by atoms with Crippen LogP contribution in [0.15, 0.2) is 30.6 Å². The lowest BCUT2D eigenvalue weighted by atomic mass is 10.2. The van der Waals surface area contributed by atoms with Crippen molar-refractivity contribution in [1.82, 2.24) is 19.8 Å². The van der Waals surface area contributed by atoms with Crippen LogP contribution in [0.3, 0.4) is 0 Å². The number of carbonyl (C=O) groups excluding carboxylic acids is 1. The SMILES string of the molecule is CN(C)C.Cc1nccn1-c1ccc(N2CCCNC2=O)c(F)c1. The van der Waals surface area contributed by atoms with Gasteiger partial charge in [-0.15, -0.1) is 0 Å². The number of hydrogen-bond donors (Lipinski definition) is 1. The molecule has 0 radical (unpaired) electrons. The summed E-state index contributed by atoms with van der Waals surface area (Å²) in [4.78, 5) is 19.3. The standard InChI is InChI=1S/C14H15FN4O.C3H9N/c1-10-16-6-8-18(10)11-3-4-13(12(15)9-11)19-7-2-5-17-14(19)20;1-4(2)3/h3-4,6,8-9H,2,5,7H2,1H3,(H,17,20);1-3H3. The van der Waals surface area contributed by atoms with E-state index in [9.17, 15) is 9.18 Å². The molecule has 0 bridgehead atoms. The lowest BCUT2D eigenvalue weighted by Gasteiger charge is -2.27. The zero-order valence-electron chi connectivity index (χ0n) is 14.6.